The van der Waals surface area contributed by atoms with Crippen LogP contribution in [0.2, 0.25) is 0 Å². The van der Waals surface area contributed by atoms with E-state index in [1.54, 1.807) is 0 Å². The first-order chi connectivity index (χ1) is 17.5. The van der Waals surface area contributed by atoms with Gasteiger partial charge in [0.1, 0.15) is 6.17 Å². The molecule has 4 aliphatic carbocycles. The van der Waals surface area contributed by atoms with Gasteiger partial charge in [0.15, 0.2) is 0 Å². The number of nitrogens with zero attached hydrogens (tertiary/aromatic N) is 2. The molecule has 0 aliphatic heterocycles. The molecule has 4 aliphatic rings. The summed E-state index contributed by atoms with van der Waals surface area (Å²) in [7, 11) is 0. The Morgan fingerprint density at radius 1 is 0.667 bits per heavy atom. The van der Waals surface area contributed by atoms with Gasteiger partial charge in [0.2, 0.25) is 0 Å². The van der Waals surface area contributed by atoms with Crippen LogP contribution in [0, 0.1) is 34.5 Å². The molecule has 4 fully saturated rings. The molecule has 36 heavy (non-hydrogen) atoms. The second-order valence-electron chi connectivity index (χ2n) is 11.6. The molecule has 4 saturated carbocycles. The average Bonchev–Trinajstić information content (AvgIpc) is 3.77. The second kappa shape index (κ2) is 10.4. The molecule has 0 heterocycles. The van der Waals surface area contributed by atoms with Gasteiger partial charge < -0.3 is 5.11 Å². The molecular formula is C32H37FN2O. The quantitative estimate of drug-likeness (QED) is 0.453. The summed E-state index contributed by atoms with van der Waals surface area (Å²) in [5.74, 6) is 0.642. The van der Waals surface area contributed by atoms with Gasteiger partial charge in [0, 0.05) is 0 Å². The lowest BCUT2D eigenvalue weighted by atomic mass is 9.91. The Labute approximate surface area is 215 Å². The highest BCUT2D eigenvalue weighted by Gasteiger charge is 2.45. The van der Waals surface area contributed by atoms with Crippen LogP contribution in [0.1, 0.15) is 112 Å². The maximum absolute atomic E-state index is 14.3. The Bertz CT molecular complexity index is 1020. The van der Waals surface area contributed by atoms with Gasteiger partial charge in [0.05, 0.1) is 29.1 Å². The lowest BCUT2D eigenvalue weighted by Gasteiger charge is -2.18. The Kier molecular flexibility index (Phi) is 7.18. The first-order valence-corrected chi connectivity index (χ1v) is 13.9. The Morgan fingerprint density at radius 3 is 1.44 bits per heavy atom. The smallest absolute Gasteiger partial charge is 0.128 e. The molecule has 2 aromatic rings. The molecule has 0 saturated heterocycles. The van der Waals surface area contributed by atoms with Gasteiger partial charge in [-0.3, -0.25) is 0 Å². The summed E-state index contributed by atoms with van der Waals surface area (Å²) in [5.41, 5.74) is 3.52. The Balaban J connectivity index is 0.000000148. The van der Waals surface area contributed by atoms with Crippen LogP contribution in [0.5, 0.6) is 0 Å². The summed E-state index contributed by atoms with van der Waals surface area (Å²) in [6.45, 7) is 0. The minimum absolute atomic E-state index is 0.210. The van der Waals surface area contributed by atoms with E-state index in [2.05, 4.69) is 12.1 Å². The summed E-state index contributed by atoms with van der Waals surface area (Å²) in [5, 5.41) is 28.6. The highest BCUT2D eigenvalue weighted by molar-refractivity contribution is 5.41. The number of alkyl halides is 1. The summed E-state index contributed by atoms with van der Waals surface area (Å²) in [6, 6.07) is 20.5. The van der Waals surface area contributed by atoms with E-state index in [0.29, 0.717) is 5.92 Å². The number of benzene rings is 2. The summed E-state index contributed by atoms with van der Waals surface area (Å²) < 4.78 is 14.3. The van der Waals surface area contributed by atoms with Crippen LogP contribution in [-0.2, 0) is 10.8 Å². The molecule has 4 heteroatoms. The van der Waals surface area contributed by atoms with E-state index in [1.165, 1.54) is 25.7 Å². The molecule has 3 nitrogen and oxygen atoms in total. The third kappa shape index (κ3) is 5.07. The number of halogens is 1. The molecule has 2 unspecified atom stereocenters. The van der Waals surface area contributed by atoms with Gasteiger partial charge in [0.25, 0.3) is 0 Å². The number of hydrogen-bond donors (Lipinski definition) is 1. The molecule has 0 bridgehead atoms. The fraction of sp³-hybridized carbons (Fsp3) is 0.562. The van der Waals surface area contributed by atoms with Gasteiger partial charge in [-0.15, -0.1) is 0 Å². The zero-order valence-corrected chi connectivity index (χ0v) is 21.1. The predicted molar refractivity (Wildman–Crippen MR) is 139 cm³/mol. The molecule has 2 atom stereocenters. The van der Waals surface area contributed by atoms with E-state index in [1.807, 2.05) is 48.5 Å². The van der Waals surface area contributed by atoms with Crippen LogP contribution in [0.3, 0.4) is 0 Å². The van der Waals surface area contributed by atoms with Crippen molar-refractivity contribution in [1.29, 1.82) is 10.5 Å². The van der Waals surface area contributed by atoms with Crippen molar-refractivity contribution in [2.24, 2.45) is 11.8 Å². The highest BCUT2D eigenvalue weighted by atomic mass is 19.1. The number of hydrogen-bond acceptors (Lipinski definition) is 3. The molecule has 188 valence electrons. The van der Waals surface area contributed by atoms with Gasteiger partial charge >= 0.3 is 0 Å². The fourth-order valence-corrected chi connectivity index (χ4v) is 6.23. The van der Waals surface area contributed by atoms with Gasteiger partial charge in [-0.1, -0.05) is 74.2 Å². The van der Waals surface area contributed by atoms with E-state index in [4.69, 9.17) is 10.5 Å². The topological polar surface area (TPSA) is 67.8 Å². The van der Waals surface area contributed by atoms with Gasteiger partial charge in [-0.2, -0.15) is 10.5 Å². The highest BCUT2D eigenvalue weighted by Crippen LogP contribution is 2.49. The van der Waals surface area contributed by atoms with Crippen molar-refractivity contribution in [1.82, 2.24) is 0 Å². The normalized spacial score (nSPS) is 23.6. The molecule has 0 aromatic heterocycles. The molecular weight excluding hydrogens is 447 g/mol. The number of aliphatic hydroxyl groups is 1. The van der Waals surface area contributed by atoms with Crippen molar-refractivity contribution < 1.29 is 9.50 Å². The molecule has 1 N–H and O–H groups in total. The van der Waals surface area contributed by atoms with Crippen LogP contribution in [0.25, 0.3) is 0 Å². The summed E-state index contributed by atoms with van der Waals surface area (Å²) in [6.07, 6.45) is 11.9. The monoisotopic (exact) mass is 484 g/mol. The molecule has 0 spiro atoms. The number of rotatable bonds is 6. The third-order valence-electron chi connectivity index (χ3n) is 9.17. The maximum Gasteiger partial charge on any atom is 0.128 e. The average molecular weight is 485 g/mol. The van der Waals surface area contributed by atoms with Crippen LogP contribution in [0.15, 0.2) is 48.5 Å². The molecule has 2 aromatic carbocycles. The predicted octanol–water partition coefficient (Wildman–Crippen LogP) is 7.91. The summed E-state index contributed by atoms with van der Waals surface area (Å²) in [4.78, 5) is 0. The first kappa shape index (κ1) is 25.0. The number of aliphatic hydroxyl groups excluding tert-OH is 1. The lowest BCUT2D eigenvalue weighted by molar-refractivity contribution is 0.111. The van der Waals surface area contributed by atoms with Crippen LogP contribution in [0.4, 0.5) is 4.39 Å². The van der Waals surface area contributed by atoms with Crippen LogP contribution < -0.4 is 0 Å². The maximum atomic E-state index is 14.3. The largest absolute Gasteiger partial charge is 0.388 e. The van der Waals surface area contributed by atoms with E-state index >= 15 is 0 Å². The van der Waals surface area contributed by atoms with E-state index in [-0.39, 0.29) is 22.9 Å². The second-order valence-corrected chi connectivity index (χ2v) is 11.6. The van der Waals surface area contributed by atoms with E-state index < -0.39 is 6.17 Å². The van der Waals surface area contributed by atoms with Crippen LogP contribution in [-0.4, -0.2) is 5.11 Å². The standard InChI is InChI=1S/C16H18FN.C16H19NO/c17-15(12-3-1-2-4-12)13-5-7-14(8-6-13)16(11-18)9-10-16;17-11-16(9-10-16)14-7-5-13(6-8-14)15(18)12-3-1-2-4-12/h5-8,12,15H,1-4,9-10H2;5-8,12,15,18H,1-4,9-10H2. The zero-order chi connectivity index (χ0) is 25.2. The third-order valence-corrected chi connectivity index (χ3v) is 9.17. The SMILES string of the molecule is N#CC1(c2ccc(C(F)C3CCCC3)cc2)CC1.N#CC1(c2ccc(C(O)C3CCCC3)cc2)CC1. The fourth-order valence-electron chi connectivity index (χ4n) is 6.23. The molecule has 0 amide bonds. The van der Waals surface area contributed by atoms with Crippen molar-refractivity contribution in [2.75, 3.05) is 0 Å². The molecule has 6 rings (SSSR count). The number of nitriles is 2. The van der Waals surface area contributed by atoms with E-state index in [9.17, 15) is 9.50 Å². The Hall–Kier alpha value is -2.69. The molecule has 0 radical (unpaired) electrons. The minimum Gasteiger partial charge on any atom is -0.388 e. The van der Waals surface area contributed by atoms with E-state index in [0.717, 1.165) is 73.6 Å². The Morgan fingerprint density at radius 2 is 1.06 bits per heavy atom. The summed E-state index contributed by atoms with van der Waals surface area (Å²) >= 11 is 0. The lowest BCUT2D eigenvalue weighted by Crippen LogP contribution is -2.09. The minimum atomic E-state index is -0.821. The first-order valence-electron chi connectivity index (χ1n) is 13.9. The van der Waals surface area contributed by atoms with Crippen LogP contribution >= 0.6 is 0 Å². The van der Waals surface area contributed by atoms with Crippen molar-refractivity contribution in [3.63, 3.8) is 0 Å². The zero-order valence-electron chi connectivity index (χ0n) is 21.1. The van der Waals surface area contributed by atoms with Crippen molar-refractivity contribution in [3.05, 3.63) is 70.8 Å². The van der Waals surface area contributed by atoms with Crippen molar-refractivity contribution >= 4 is 0 Å². The van der Waals surface area contributed by atoms with Gasteiger partial charge in [-0.25, -0.2) is 4.39 Å². The van der Waals surface area contributed by atoms with Crippen molar-refractivity contribution in [3.8, 4) is 12.1 Å². The van der Waals surface area contributed by atoms with Crippen molar-refractivity contribution in [2.45, 2.75) is 100 Å². The van der Waals surface area contributed by atoms with Gasteiger partial charge in [-0.05, 0) is 85.5 Å².